The average molecular weight is 381 g/mol. The van der Waals surface area contributed by atoms with Crippen molar-refractivity contribution < 1.29 is 9.90 Å². The molecule has 0 aromatic carbocycles. The van der Waals surface area contributed by atoms with Crippen LogP contribution in [-0.4, -0.2) is 46.6 Å². The molecule has 1 aliphatic carbocycles. The molecule has 144 valence electrons. The zero-order chi connectivity index (χ0) is 18.7. The molecule has 1 aliphatic heterocycles. The molecular formula is C19H29ClN4O2. The standard InChI is InChI=1S/C19H29ClN4O2/c1-11-7-15(21-5-6-25)10-18(22-11)23-12(2)16-9-13-8-14(20)3-4-17(13)24-19(16)26/h7,10,12-14,16-17,25H,3-6,8-9H2,1-2H3,(H,24,26)(H2,21,22,23)/t12-,13?,14?,16?,17?/m0/s1. The summed E-state index contributed by atoms with van der Waals surface area (Å²) in [5, 5.41) is 19.0. The minimum atomic E-state index is -0.0885. The van der Waals surface area contributed by atoms with Gasteiger partial charge in [0.1, 0.15) is 5.82 Å². The highest BCUT2D eigenvalue weighted by atomic mass is 35.5. The van der Waals surface area contributed by atoms with Gasteiger partial charge in [0.2, 0.25) is 5.91 Å². The second kappa shape index (κ2) is 8.44. The van der Waals surface area contributed by atoms with E-state index in [0.717, 1.165) is 42.9 Å². The number of aliphatic hydroxyl groups excluding tert-OH is 1. The number of aryl methyl sites for hydroxylation is 1. The van der Waals surface area contributed by atoms with Crippen molar-refractivity contribution >= 4 is 29.0 Å². The predicted molar refractivity (Wildman–Crippen MR) is 105 cm³/mol. The highest BCUT2D eigenvalue weighted by molar-refractivity contribution is 6.20. The fraction of sp³-hybridized carbons (Fsp3) is 0.684. The fourth-order valence-corrected chi connectivity index (χ4v) is 4.54. The summed E-state index contributed by atoms with van der Waals surface area (Å²) >= 11 is 6.34. The number of piperidine rings is 1. The van der Waals surface area contributed by atoms with Crippen LogP contribution in [-0.2, 0) is 4.79 Å². The number of fused-ring (bicyclic) bond motifs is 1. The van der Waals surface area contributed by atoms with Crippen molar-refractivity contribution in [2.75, 3.05) is 23.8 Å². The number of pyridine rings is 1. The number of anilines is 2. The zero-order valence-electron chi connectivity index (χ0n) is 15.5. The minimum Gasteiger partial charge on any atom is -0.395 e. The molecule has 1 aromatic heterocycles. The lowest BCUT2D eigenvalue weighted by molar-refractivity contribution is -0.130. The maximum Gasteiger partial charge on any atom is 0.225 e. The van der Waals surface area contributed by atoms with E-state index >= 15 is 0 Å². The number of hydrogen-bond donors (Lipinski definition) is 4. The Labute approximate surface area is 160 Å². The molecule has 4 N–H and O–H groups in total. The Balaban J connectivity index is 1.66. The monoisotopic (exact) mass is 380 g/mol. The fourth-order valence-electron chi connectivity index (χ4n) is 4.19. The first kappa shape index (κ1) is 19.2. The lowest BCUT2D eigenvalue weighted by Gasteiger charge is -2.42. The molecule has 1 aromatic rings. The molecule has 26 heavy (non-hydrogen) atoms. The van der Waals surface area contributed by atoms with E-state index in [1.54, 1.807) is 0 Å². The van der Waals surface area contributed by atoms with Gasteiger partial charge >= 0.3 is 0 Å². The summed E-state index contributed by atoms with van der Waals surface area (Å²) in [5.41, 5.74) is 1.79. The van der Waals surface area contributed by atoms with Gasteiger partial charge in [-0.25, -0.2) is 4.98 Å². The number of rotatable bonds is 6. The van der Waals surface area contributed by atoms with Gasteiger partial charge in [-0.2, -0.15) is 0 Å². The Kier molecular flexibility index (Phi) is 6.24. The number of carbonyl (C=O) groups excluding carboxylic acids is 1. The van der Waals surface area contributed by atoms with Crippen LogP contribution < -0.4 is 16.0 Å². The molecule has 2 fully saturated rings. The third-order valence-corrected chi connectivity index (χ3v) is 5.91. The van der Waals surface area contributed by atoms with Gasteiger partial charge in [-0.15, -0.1) is 11.6 Å². The van der Waals surface area contributed by atoms with Crippen molar-refractivity contribution in [1.82, 2.24) is 10.3 Å². The maximum absolute atomic E-state index is 12.6. The van der Waals surface area contributed by atoms with Crippen LogP contribution in [0.15, 0.2) is 12.1 Å². The number of aliphatic hydroxyl groups is 1. The van der Waals surface area contributed by atoms with Crippen molar-refractivity contribution in [2.45, 2.75) is 57.0 Å². The summed E-state index contributed by atoms with van der Waals surface area (Å²) < 4.78 is 0. The molecule has 1 saturated carbocycles. The molecule has 6 nitrogen and oxygen atoms in total. The molecule has 3 rings (SSSR count). The van der Waals surface area contributed by atoms with Crippen molar-refractivity contribution in [3.63, 3.8) is 0 Å². The Hall–Kier alpha value is -1.53. The predicted octanol–water partition coefficient (Wildman–Crippen LogP) is 2.51. The van der Waals surface area contributed by atoms with Crippen LogP contribution in [0, 0.1) is 18.8 Å². The van der Waals surface area contributed by atoms with E-state index in [-0.39, 0.29) is 35.9 Å². The number of carbonyl (C=O) groups is 1. The quantitative estimate of drug-likeness (QED) is 0.570. The van der Waals surface area contributed by atoms with E-state index in [4.69, 9.17) is 16.7 Å². The Morgan fingerprint density at radius 3 is 2.96 bits per heavy atom. The maximum atomic E-state index is 12.6. The average Bonchev–Trinajstić information content (AvgIpc) is 2.59. The summed E-state index contributed by atoms with van der Waals surface area (Å²) in [7, 11) is 0. The number of nitrogens with zero attached hydrogens (tertiary/aromatic N) is 1. The van der Waals surface area contributed by atoms with E-state index in [1.807, 2.05) is 26.0 Å². The van der Waals surface area contributed by atoms with Crippen molar-refractivity contribution in [3.05, 3.63) is 17.8 Å². The van der Waals surface area contributed by atoms with Crippen LogP contribution in [0.5, 0.6) is 0 Å². The van der Waals surface area contributed by atoms with Crippen LogP contribution in [0.2, 0.25) is 0 Å². The molecule has 2 heterocycles. The highest BCUT2D eigenvalue weighted by Gasteiger charge is 2.40. The van der Waals surface area contributed by atoms with Gasteiger partial charge in [0, 0.05) is 41.5 Å². The first-order valence-electron chi connectivity index (χ1n) is 9.50. The molecule has 5 atom stereocenters. The summed E-state index contributed by atoms with van der Waals surface area (Å²) in [5.74, 6) is 1.25. The molecule has 1 amide bonds. The third-order valence-electron chi connectivity index (χ3n) is 5.51. The highest BCUT2D eigenvalue weighted by Crippen LogP contribution is 2.37. The van der Waals surface area contributed by atoms with Gasteiger partial charge in [0.25, 0.3) is 0 Å². The Morgan fingerprint density at radius 1 is 1.38 bits per heavy atom. The van der Waals surface area contributed by atoms with E-state index in [1.165, 1.54) is 0 Å². The summed E-state index contributed by atoms with van der Waals surface area (Å²) in [4.78, 5) is 17.1. The van der Waals surface area contributed by atoms with Crippen LogP contribution in [0.3, 0.4) is 0 Å². The van der Waals surface area contributed by atoms with Gasteiger partial charge in [-0.05, 0) is 51.5 Å². The molecule has 0 radical (unpaired) electrons. The number of nitrogens with one attached hydrogen (secondary N) is 3. The Bertz CT molecular complexity index is 642. The van der Waals surface area contributed by atoms with Gasteiger partial charge in [0.05, 0.1) is 12.5 Å². The summed E-state index contributed by atoms with van der Waals surface area (Å²) in [6.45, 7) is 4.54. The van der Waals surface area contributed by atoms with Crippen LogP contribution >= 0.6 is 11.6 Å². The molecule has 1 saturated heterocycles. The molecule has 0 spiro atoms. The molecule has 4 unspecified atom stereocenters. The minimum absolute atomic E-state index is 0.0216. The largest absolute Gasteiger partial charge is 0.395 e. The first-order chi connectivity index (χ1) is 12.5. The molecule has 0 bridgehead atoms. The molecular weight excluding hydrogens is 352 g/mol. The third kappa shape index (κ3) is 4.60. The van der Waals surface area contributed by atoms with Gasteiger partial charge in [0.15, 0.2) is 0 Å². The number of halogens is 1. The van der Waals surface area contributed by atoms with E-state index in [9.17, 15) is 4.79 Å². The molecule has 7 heteroatoms. The number of aromatic nitrogens is 1. The number of alkyl halides is 1. The van der Waals surface area contributed by atoms with Crippen molar-refractivity contribution in [2.24, 2.45) is 11.8 Å². The number of amides is 1. The lowest BCUT2D eigenvalue weighted by atomic mass is 9.74. The van der Waals surface area contributed by atoms with Gasteiger partial charge in [-0.3, -0.25) is 4.79 Å². The van der Waals surface area contributed by atoms with Crippen LogP contribution in [0.1, 0.15) is 38.3 Å². The lowest BCUT2D eigenvalue weighted by Crippen LogP contribution is -2.55. The summed E-state index contributed by atoms with van der Waals surface area (Å²) in [6, 6.07) is 4.11. The van der Waals surface area contributed by atoms with Crippen molar-refractivity contribution in [1.29, 1.82) is 0 Å². The van der Waals surface area contributed by atoms with Crippen LogP contribution in [0.4, 0.5) is 11.5 Å². The van der Waals surface area contributed by atoms with Crippen molar-refractivity contribution in [3.8, 4) is 0 Å². The number of hydrogen-bond acceptors (Lipinski definition) is 5. The van der Waals surface area contributed by atoms with Gasteiger partial charge in [-0.1, -0.05) is 0 Å². The first-order valence-corrected chi connectivity index (χ1v) is 9.94. The Morgan fingerprint density at radius 2 is 2.19 bits per heavy atom. The van der Waals surface area contributed by atoms with Crippen LogP contribution in [0.25, 0.3) is 0 Å². The topological polar surface area (TPSA) is 86.3 Å². The zero-order valence-corrected chi connectivity index (χ0v) is 16.2. The van der Waals surface area contributed by atoms with E-state index in [2.05, 4.69) is 20.9 Å². The van der Waals surface area contributed by atoms with E-state index < -0.39 is 0 Å². The summed E-state index contributed by atoms with van der Waals surface area (Å²) in [6.07, 6.45) is 3.82. The smallest absolute Gasteiger partial charge is 0.225 e. The SMILES string of the molecule is Cc1cc(NCCO)cc(N[C@@H](C)C2CC3CC(Cl)CCC3NC2=O)n1. The van der Waals surface area contributed by atoms with Gasteiger partial charge < -0.3 is 21.1 Å². The van der Waals surface area contributed by atoms with E-state index in [0.29, 0.717) is 12.5 Å². The molecule has 2 aliphatic rings. The second-order valence-electron chi connectivity index (χ2n) is 7.59. The second-order valence-corrected chi connectivity index (χ2v) is 8.21. The normalized spacial score (nSPS) is 29.5.